The van der Waals surface area contributed by atoms with E-state index in [-0.39, 0.29) is 135 Å². The largest absolute Gasteiger partial charge is 0.508 e. The highest BCUT2D eigenvalue weighted by Crippen LogP contribution is 2.58. The highest BCUT2D eigenvalue weighted by molar-refractivity contribution is 8.01. The van der Waals surface area contributed by atoms with Gasteiger partial charge in [0.15, 0.2) is 11.0 Å². The maximum Gasteiger partial charge on any atom is 0.352 e. The molecule has 2 saturated heterocycles. The number of fused-ring (bicyclic) bond motifs is 12. The summed E-state index contributed by atoms with van der Waals surface area (Å²) in [6.45, 7) is 0.480. The van der Waals surface area contributed by atoms with E-state index in [4.69, 9.17) is 65.6 Å². The molecule has 8 aliphatic rings. The van der Waals surface area contributed by atoms with E-state index >= 15 is 0 Å². The molecule has 7 aromatic carbocycles. The number of carbonyl (C=O) groups excluding carboxylic acids is 9. The molecule has 9 heterocycles. The summed E-state index contributed by atoms with van der Waals surface area (Å²) in [6, 6.07) is 32.6. The first-order valence-electron chi connectivity index (χ1n) is 37.3. The number of nitrogens with zero attached hydrogens (tertiary/aromatic N) is 2. The Kier molecular flexibility index (Phi) is 24.5. The van der Waals surface area contributed by atoms with Crippen LogP contribution in [-0.2, 0) is 48.7 Å². The van der Waals surface area contributed by atoms with Crippen molar-refractivity contribution in [3.63, 3.8) is 0 Å². The lowest BCUT2D eigenvalue weighted by molar-refractivity contribution is -0.150. The number of β-lactam (4-membered cyclic amide) rings is 2. The van der Waals surface area contributed by atoms with Gasteiger partial charge in [-0.1, -0.05) is 35.3 Å². The summed E-state index contributed by atoms with van der Waals surface area (Å²) < 4.78 is 39.1. The summed E-state index contributed by atoms with van der Waals surface area (Å²) in [7, 11) is 0. The van der Waals surface area contributed by atoms with Crippen molar-refractivity contribution >= 4 is 174 Å². The van der Waals surface area contributed by atoms with Crippen molar-refractivity contribution in [1.29, 1.82) is 0 Å². The molecule has 4 unspecified atom stereocenters. The lowest BCUT2D eigenvalue weighted by atomic mass is 9.77. The van der Waals surface area contributed by atoms with E-state index in [9.17, 15) is 103 Å². The number of aliphatic hydroxyl groups excluding tert-OH is 1. The van der Waals surface area contributed by atoms with Gasteiger partial charge in [0.2, 0.25) is 11.8 Å². The fourth-order valence-corrected chi connectivity index (χ4v) is 20.0. The second-order valence-electron chi connectivity index (χ2n) is 28.3. The van der Waals surface area contributed by atoms with E-state index in [1.54, 1.807) is 60.7 Å². The Bertz CT molecular complexity index is 6820. The fraction of sp³-hybridized carbons (Fsp3) is 0.165. The number of carbonyl (C=O) groups is 12. The first-order valence-corrected chi connectivity index (χ1v) is 42.1. The topological polar surface area (TPSA) is 549 Å². The molecule has 36 nitrogen and oxygen atoms in total. The Morgan fingerprint density at radius 2 is 1.00 bits per heavy atom. The van der Waals surface area contributed by atoms with Crippen LogP contribution in [0.15, 0.2) is 206 Å². The first-order chi connectivity index (χ1) is 60.6. The lowest BCUT2D eigenvalue weighted by Crippen LogP contribution is -2.71. The van der Waals surface area contributed by atoms with Crippen molar-refractivity contribution in [1.82, 2.24) is 31.1 Å². The summed E-state index contributed by atoms with van der Waals surface area (Å²) >= 11 is 16.7. The number of rotatable bonds is 20. The van der Waals surface area contributed by atoms with E-state index in [0.717, 1.165) is 33.7 Å². The van der Waals surface area contributed by atoms with Gasteiger partial charge in [0.1, 0.15) is 115 Å². The second kappa shape index (κ2) is 35.5. The molecule has 127 heavy (non-hydrogen) atoms. The van der Waals surface area contributed by atoms with Crippen LogP contribution >= 0.6 is 70.2 Å². The number of carboxylic acids is 3. The zero-order chi connectivity index (χ0) is 90.6. The maximum absolute atomic E-state index is 13.8. The molecule has 2 fully saturated rings. The number of nitrogens with one attached hydrogen (secondary N) is 4. The average molecular weight is 1840 g/mol. The molecule has 1 spiro atoms. The molecule has 1 aliphatic carbocycles. The molecule has 0 saturated carbocycles. The number of esters is 3. The summed E-state index contributed by atoms with van der Waals surface area (Å²) in [5, 5.41) is 83.7. The molecular weight excluding hydrogens is 1780 g/mol. The van der Waals surface area contributed by atoms with Crippen molar-refractivity contribution in [2.45, 2.75) is 52.1 Å². The molecule has 12 N–H and O–H groups in total. The van der Waals surface area contributed by atoms with Gasteiger partial charge in [0, 0.05) is 127 Å². The predicted octanol–water partition coefficient (Wildman–Crippen LogP) is 8.45. The van der Waals surface area contributed by atoms with Crippen LogP contribution in [0, 0.1) is 0 Å². The smallest absolute Gasteiger partial charge is 0.352 e. The quantitative estimate of drug-likeness (QED) is 0.00647. The predicted molar refractivity (Wildman–Crippen MR) is 454 cm³/mol. The molecule has 9 aromatic rings. The van der Waals surface area contributed by atoms with Gasteiger partial charge in [-0.15, -0.1) is 47.0 Å². The minimum absolute atomic E-state index is 0.0163. The Balaban J connectivity index is 0.000000191. The number of hydrogen-bond donors (Lipinski definition) is 12. The van der Waals surface area contributed by atoms with E-state index in [1.165, 1.54) is 122 Å². The highest BCUT2D eigenvalue weighted by Gasteiger charge is 2.57. The minimum atomic E-state index is -1.53. The number of halogens is 2. The van der Waals surface area contributed by atoms with E-state index in [2.05, 4.69) is 21.3 Å². The molecule has 17 rings (SSSR count). The van der Waals surface area contributed by atoms with Gasteiger partial charge in [-0.3, -0.25) is 53.0 Å². The van der Waals surface area contributed by atoms with E-state index in [0.29, 0.717) is 59.7 Å². The first kappa shape index (κ1) is 87.8. The van der Waals surface area contributed by atoms with Crippen LogP contribution in [0.25, 0.3) is 55.4 Å². The van der Waals surface area contributed by atoms with Crippen LogP contribution in [0.3, 0.4) is 0 Å². The van der Waals surface area contributed by atoms with Gasteiger partial charge in [0.05, 0.1) is 34.3 Å². The number of hydrogen-bond acceptors (Lipinski definition) is 31. The van der Waals surface area contributed by atoms with Gasteiger partial charge in [-0.05, 0) is 114 Å². The number of amides is 6. The number of aromatic hydroxyl groups is 3. The number of aliphatic hydroxyl groups is 2. The maximum atomic E-state index is 13.8. The molecule has 4 atom stereocenters. The van der Waals surface area contributed by atoms with Crippen LogP contribution in [0.2, 0.25) is 10.0 Å². The third kappa shape index (κ3) is 17.1. The highest BCUT2D eigenvalue weighted by atomic mass is 35.5. The van der Waals surface area contributed by atoms with Crippen LogP contribution in [0.4, 0.5) is 0 Å². The summed E-state index contributed by atoms with van der Waals surface area (Å²) in [5.41, 5.74) is -1.59. The number of ether oxygens (including phenoxy) is 4. The average Bonchev–Trinajstić information content (AvgIpc) is 1.63. The Morgan fingerprint density at radius 1 is 0.520 bits per heavy atom. The number of phenolic OH excluding ortho intramolecular Hbond substituents is 3. The molecule has 648 valence electrons. The molecular formula is C85H60Cl2N6O30S4. The standard InChI is InChI=1S/C44H30ClN3O15S2.C40H26ClN3O13S2.CH4O2/c1-18(49)59-22-3-6-28-33(11-22)61-34-12-23(60-19(2)50)4-7-29(34)44(28)27-8-5-24(13-25(27)43(58)63-44)64-16-21-17-65-40-36(39(54)48(40)37(21)41(55)56)47-35(52)15-46-38(53)26-9-20-10-30(45)31(51)14-32(20)62-42(26)57;41-26-8-16-7-25(40(55)57-28(16)12-27(26)47)35(49)42-13-31(48)43-33-36(50)44-34(39(53)54)17(15-59-37(33)44)14-58-20-3-6-21(24(11-20)38(51)52)32-22-4-1-18(45)9-29(22)56-30-10-19(46)2-5-23(30)32;2-1-3/h3-14,36,40,51H,15-17H2,1-2H3,(H,46,53)(H,47,52)(H,55,56);1-12,33,37,45,47H,13-15H2,(H,42,49)(H,43,48)(H,51,52)(H,53,54);2-3H,1H2. The Labute approximate surface area is 737 Å². The van der Waals surface area contributed by atoms with E-state index < -0.39 is 142 Å². The van der Waals surface area contributed by atoms with Crippen LogP contribution < -0.4 is 52.2 Å². The third-order valence-electron chi connectivity index (χ3n) is 20.3. The SMILES string of the molecule is CC(=O)Oc1ccc2c(c1)Oc1cc(OC(C)=O)ccc1C21OC(=O)c2cc(SCC3=C(C(=O)O)N4C(=O)C(NC(=O)CNC(=O)c5cc6cc(Cl)c(O)cc6oc5=O)C4SC3)ccc21.O=C(CNC(=O)c1cc2cc(Cl)c(O)cc2oc1=O)NC1C(=O)N2C(C(=O)O)=C(CSc3ccc(-c4c5ccc(=O)cc-5oc5cc(O)ccc45)c(C(=O)O)c3)CSC12.OCO. The molecule has 7 aliphatic heterocycles. The van der Waals surface area contributed by atoms with Gasteiger partial charge in [-0.25, -0.2) is 28.8 Å². The van der Waals surface area contributed by atoms with Gasteiger partial charge in [-0.2, -0.15) is 0 Å². The molecule has 6 amide bonds. The van der Waals surface area contributed by atoms with Crippen LogP contribution in [0.5, 0.6) is 40.2 Å². The lowest BCUT2D eigenvalue weighted by Gasteiger charge is -2.49. The zero-order valence-corrected chi connectivity index (χ0v) is 69.7. The summed E-state index contributed by atoms with van der Waals surface area (Å²) in [5.74, 6) is -9.84. The number of phenols is 3. The van der Waals surface area contributed by atoms with E-state index in [1.807, 2.05) is 0 Å². The van der Waals surface area contributed by atoms with Crippen molar-refractivity contribution in [3.8, 4) is 62.7 Å². The molecule has 0 radical (unpaired) electrons. The molecule has 42 heteroatoms. The molecule has 0 bridgehead atoms. The van der Waals surface area contributed by atoms with Gasteiger partial charge >= 0.3 is 47.1 Å². The molecule has 2 aromatic heterocycles. The summed E-state index contributed by atoms with van der Waals surface area (Å²) in [6.07, 6.45) is 0. The monoisotopic (exact) mass is 1840 g/mol. The Morgan fingerprint density at radius 3 is 1.49 bits per heavy atom. The van der Waals surface area contributed by atoms with Crippen LogP contribution in [0.1, 0.15) is 72.0 Å². The van der Waals surface area contributed by atoms with Crippen molar-refractivity contribution in [2.75, 3.05) is 42.9 Å². The number of thioether (sulfide) groups is 4. The van der Waals surface area contributed by atoms with Crippen molar-refractivity contribution in [2.24, 2.45) is 0 Å². The van der Waals surface area contributed by atoms with Crippen molar-refractivity contribution in [3.05, 3.63) is 248 Å². The van der Waals surface area contributed by atoms with Crippen LogP contribution in [-0.4, -0.2) is 188 Å². The number of benzene rings is 8. The summed E-state index contributed by atoms with van der Waals surface area (Å²) in [4.78, 5) is 193. The fourth-order valence-electron chi connectivity index (χ4n) is 14.8. The Hall–Kier alpha value is -14.1. The van der Waals surface area contributed by atoms with Gasteiger partial charge in [0.25, 0.3) is 23.6 Å². The number of aliphatic carboxylic acids is 2. The third-order valence-corrected chi connectivity index (χ3v) is 25.7. The zero-order valence-electron chi connectivity index (χ0n) is 65.0. The van der Waals surface area contributed by atoms with Crippen molar-refractivity contribution < 1.29 is 131 Å². The number of carboxylic acid groups (broad SMARTS) is 3. The minimum Gasteiger partial charge on any atom is -0.508 e. The normalized spacial score (nSPS) is 16.6. The number of aromatic carboxylic acids is 1. The van der Waals surface area contributed by atoms with Gasteiger partial charge < -0.3 is 94.3 Å². The second-order valence-corrected chi connectivity index (χ2v) is 33.4.